The zero-order valence-corrected chi connectivity index (χ0v) is 19.1. The van der Waals surface area contributed by atoms with Gasteiger partial charge in [0, 0.05) is 44.9 Å². The second-order valence-electron chi connectivity index (χ2n) is 7.06. The van der Waals surface area contributed by atoms with Crippen LogP contribution in [0.1, 0.15) is 21.6 Å². The largest absolute Gasteiger partial charge is 0.432 e. The summed E-state index contributed by atoms with van der Waals surface area (Å²) in [7, 11) is 0. The minimum absolute atomic E-state index is 0.0369. The number of rotatable bonds is 5. The van der Waals surface area contributed by atoms with E-state index in [1.807, 2.05) is 0 Å². The lowest BCUT2D eigenvalue weighted by Gasteiger charge is -2.15. The average molecular weight is 528 g/mol. The van der Waals surface area contributed by atoms with Crippen molar-refractivity contribution in [1.29, 1.82) is 0 Å². The molecule has 2 aromatic heterocycles. The van der Waals surface area contributed by atoms with Gasteiger partial charge in [0.15, 0.2) is 0 Å². The molecule has 0 atom stereocenters. The molecule has 0 aliphatic carbocycles. The lowest BCUT2D eigenvalue weighted by atomic mass is 10.1. The average Bonchev–Trinajstić information content (AvgIpc) is 3.09. The predicted octanol–water partition coefficient (Wildman–Crippen LogP) is 6.28. The molecule has 4 rings (SSSR count). The van der Waals surface area contributed by atoms with E-state index >= 15 is 0 Å². The summed E-state index contributed by atoms with van der Waals surface area (Å²) in [4.78, 5) is 33.1. The smallest absolute Gasteiger partial charge is 0.332 e. The molecule has 0 saturated carbocycles. The molecule has 0 saturated heterocycles. The maximum absolute atomic E-state index is 14.3. The van der Waals surface area contributed by atoms with Crippen molar-refractivity contribution < 1.29 is 22.8 Å². The maximum atomic E-state index is 14.3. The summed E-state index contributed by atoms with van der Waals surface area (Å²) in [6.07, 6.45) is -2.40. The van der Waals surface area contributed by atoms with Crippen molar-refractivity contribution in [2.45, 2.75) is 12.7 Å². The molecule has 0 fully saturated rings. The van der Waals surface area contributed by atoms with Crippen molar-refractivity contribution in [3.63, 3.8) is 0 Å². The fourth-order valence-electron chi connectivity index (χ4n) is 3.47. The minimum atomic E-state index is -5.00. The topological polar surface area (TPSA) is 76.9 Å². The highest BCUT2D eigenvalue weighted by atomic mass is 35.5. The van der Waals surface area contributed by atoms with Gasteiger partial charge in [-0.2, -0.15) is 13.2 Å². The number of Topliss-reactive ketones (excluding diaryl/α,β-unsaturated/α-hetero) is 1. The maximum Gasteiger partial charge on any atom is 0.432 e. The lowest BCUT2D eigenvalue weighted by molar-refractivity contribution is -0.143. The number of alkyl halides is 3. The number of nitrogens with zero attached hydrogens (tertiary/aromatic N) is 3. The van der Waals surface area contributed by atoms with Crippen molar-refractivity contribution in [3.8, 4) is 0 Å². The normalized spacial score (nSPS) is 11.6. The highest BCUT2D eigenvalue weighted by Gasteiger charge is 2.42. The number of carbonyl (C=O) groups excluding carboxylic acids is 2. The lowest BCUT2D eigenvalue weighted by Crippen LogP contribution is -2.27. The Morgan fingerprint density at radius 3 is 2.26 bits per heavy atom. The van der Waals surface area contributed by atoms with E-state index in [1.165, 1.54) is 54.9 Å². The van der Waals surface area contributed by atoms with Crippen molar-refractivity contribution in [2.24, 2.45) is 0 Å². The minimum Gasteiger partial charge on any atom is -0.332 e. The van der Waals surface area contributed by atoms with Crippen LogP contribution in [0.2, 0.25) is 15.1 Å². The monoisotopic (exact) mass is 526 g/mol. The van der Waals surface area contributed by atoms with E-state index in [-0.39, 0.29) is 33.4 Å². The Kier molecular flexibility index (Phi) is 6.53. The van der Waals surface area contributed by atoms with Crippen LogP contribution in [-0.4, -0.2) is 26.2 Å². The summed E-state index contributed by atoms with van der Waals surface area (Å²) in [6, 6.07) is 9.75. The third-order valence-corrected chi connectivity index (χ3v) is 5.68. The van der Waals surface area contributed by atoms with Crippen molar-refractivity contribution in [2.75, 3.05) is 5.32 Å². The third kappa shape index (κ3) is 4.72. The molecular formula is C22H12Cl3F3N4O2. The Morgan fingerprint density at radius 1 is 0.971 bits per heavy atom. The summed E-state index contributed by atoms with van der Waals surface area (Å²) < 4.78 is 43.9. The van der Waals surface area contributed by atoms with E-state index in [0.29, 0.717) is 10.6 Å². The number of nitrogens with one attached hydrogen (secondary N) is 1. The number of hydrogen-bond acceptors (Lipinski definition) is 4. The van der Waals surface area contributed by atoms with Crippen molar-refractivity contribution >= 4 is 63.3 Å². The van der Waals surface area contributed by atoms with Crippen LogP contribution in [-0.2, 0) is 17.5 Å². The quantitative estimate of drug-likeness (QED) is 0.245. The Balaban J connectivity index is 1.91. The fraction of sp³-hybridized carbons (Fsp3) is 0.0909. The first-order chi connectivity index (χ1) is 16.1. The predicted molar refractivity (Wildman–Crippen MR) is 123 cm³/mol. The summed E-state index contributed by atoms with van der Waals surface area (Å²) in [5.74, 6) is -2.99. The Bertz CT molecular complexity index is 1420. The number of halogens is 6. The van der Waals surface area contributed by atoms with Gasteiger partial charge < -0.3 is 4.57 Å². The molecule has 0 aliphatic rings. The van der Waals surface area contributed by atoms with Gasteiger partial charge >= 0.3 is 6.18 Å². The van der Waals surface area contributed by atoms with E-state index in [4.69, 9.17) is 34.8 Å². The molecule has 0 radical (unpaired) electrons. The van der Waals surface area contributed by atoms with Gasteiger partial charge in [0.05, 0.1) is 5.56 Å². The summed E-state index contributed by atoms with van der Waals surface area (Å²) in [6.45, 7) is -0.348. The Labute approximate surface area is 205 Å². The molecule has 0 aliphatic heterocycles. The second kappa shape index (κ2) is 9.25. The molecule has 0 bridgehead atoms. The van der Waals surface area contributed by atoms with Crippen molar-refractivity contribution in [1.82, 2.24) is 14.5 Å². The van der Waals surface area contributed by atoms with Crippen LogP contribution in [0.4, 0.5) is 19.1 Å². The number of anilines is 1. The standard InChI is InChI=1S/C22H12Cl3F3N4O2/c23-12-4-5-16-14(8-12)17(18(33)20(34)31-21-29-6-1-7-30-21)19(22(26,27)28)32(16)10-11-2-3-13(24)9-15(11)25/h1-9H,10H2,(H,29,30,31,34). The van der Waals surface area contributed by atoms with E-state index in [0.717, 1.165) is 4.57 Å². The molecule has 0 unspecified atom stereocenters. The van der Waals surface area contributed by atoms with E-state index in [9.17, 15) is 22.8 Å². The first-order valence-electron chi connectivity index (χ1n) is 9.52. The van der Waals surface area contributed by atoms with Gasteiger partial charge in [0.2, 0.25) is 5.95 Å². The van der Waals surface area contributed by atoms with Gasteiger partial charge in [0.25, 0.3) is 11.7 Å². The second-order valence-corrected chi connectivity index (χ2v) is 8.34. The van der Waals surface area contributed by atoms with E-state index < -0.39 is 29.1 Å². The van der Waals surface area contributed by atoms with Crippen LogP contribution in [0.3, 0.4) is 0 Å². The van der Waals surface area contributed by atoms with E-state index in [2.05, 4.69) is 15.3 Å². The van der Waals surface area contributed by atoms with Crippen LogP contribution in [0.25, 0.3) is 10.9 Å². The van der Waals surface area contributed by atoms with Gasteiger partial charge in [-0.3, -0.25) is 14.9 Å². The highest BCUT2D eigenvalue weighted by Crippen LogP contribution is 2.40. The molecule has 12 heteroatoms. The molecule has 4 aromatic rings. The first kappa shape index (κ1) is 24.0. The number of amides is 1. The van der Waals surface area contributed by atoms with Gasteiger partial charge in [-0.25, -0.2) is 9.97 Å². The zero-order chi connectivity index (χ0) is 24.6. The molecule has 34 heavy (non-hydrogen) atoms. The van der Waals surface area contributed by atoms with Gasteiger partial charge in [-0.1, -0.05) is 40.9 Å². The molecule has 1 amide bonds. The molecule has 1 N–H and O–H groups in total. The molecule has 174 valence electrons. The van der Waals surface area contributed by atoms with Gasteiger partial charge in [-0.15, -0.1) is 0 Å². The number of benzene rings is 2. The van der Waals surface area contributed by atoms with Crippen LogP contribution in [0.5, 0.6) is 0 Å². The fourth-order valence-corrected chi connectivity index (χ4v) is 4.11. The SMILES string of the molecule is O=C(Nc1ncccn1)C(=O)c1c(C(F)(F)F)n(Cc2ccc(Cl)cc2Cl)c2ccc(Cl)cc12. The van der Waals surface area contributed by atoms with Crippen molar-refractivity contribution in [3.05, 3.63) is 86.7 Å². The number of hydrogen-bond donors (Lipinski definition) is 1. The molecule has 2 heterocycles. The third-order valence-electron chi connectivity index (χ3n) is 4.86. The van der Waals surface area contributed by atoms with Gasteiger partial charge in [0.1, 0.15) is 5.69 Å². The van der Waals surface area contributed by atoms with E-state index in [1.54, 1.807) is 0 Å². The van der Waals surface area contributed by atoms with Crippen LogP contribution >= 0.6 is 34.8 Å². The van der Waals surface area contributed by atoms with Crippen LogP contribution < -0.4 is 5.32 Å². The molecule has 6 nitrogen and oxygen atoms in total. The number of carbonyl (C=O) groups is 2. The molecular weight excluding hydrogens is 516 g/mol. The molecule has 0 spiro atoms. The van der Waals surface area contributed by atoms with Crippen LogP contribution in [0, 0.1) is 0 Å². The Hall–Kier alpha value is -3.14. The number of aromatic nitrogens is 3. The number of ketones is 1. The zero-order valence-electron chi connectivity index (χ0n) is 16.8. The Morgan fingerprint density at radius 2 is 1.62 bits per heavy atom. The number of fused-ring (bicyclic) bond motifs is 1. The first-order valence-corrected chi connectivity index (χ1v) is 10.6. The van der Waals surface area contributed by atoms with Gasteiger partial charge in [-0.05, 0) is 42.0 Å². The highest BCUT2D eigenvalue weighted by molar-refractivity contribution is 6.48. The molecule has 2 aromatic carbocycles. The summed E-state index contributed by atoms with van der Waals surface area (Å²) in [5.41, 5.74) is -1.80. The van der Waals surface area contributed by atoms with Crippen LogP contribution in [0.15, 0.2) is 54.9 Å². The summed E-state index contributed by atoms with van der Waals surface area (Å²) >= 11 is 18.1. The summed E-state index contributed by atoms with van der Waals surface area (Å²) in [5, 5.41) is 2.52.